The van der Waals surface area contributed by atoms with Gasteiger partial charge in [0.2, 0.25) is 5.56 Å². The number of aromatic amines is 1. The minimum Gasteiger partial charge on any atom is -0.467 e. The van der Waals surface area contributed by atoms with Gasteiger partial charge in [-0.25, -0.2) is 0 Å². The number of benzene rings is 1. The van der Waals surface area contributed by atoms with Crippen LogP contribution in [0, 0.1) is 6.92 Å². The molecule has 0 unspecified atom stereocenters. The van der Waals surface area contributed by atoms with E-state index in [1.165, 1.54) is 6.07 Å². The summed E-state index contributed by atoms with van der Waals surface area (Å²) in [4.78, 5) is 49.8. The van der Waals surface area contributed by atoms with Crippen LogP contribution in [0.15, 0.2) is 70.1 Å². The van der Waals surface area contributed by atoms with Crippen molar-refractivity contribution in [2.24, 2.45) is 0 Å². The first-order valence-electron chi connectivity index (χ1n) is 12.1. The lowest BCUT2D eigenvalue weighted by Gasteiger charge is -2.33. The molecule has 2 amide bonds. The number of aromatic nitrogens is 2. The fraction of sp³-hybridized carbons (Fsp3) is 0.286. The molecule has 0 bridgehead atoms. The van der Waals surface area contributed by atoms with E-state index in [0.717, 1.165) is 16.8 Å². The second-order valence-corrected chi connectivity index (χ2v) is 9.29. The van der Waals surface area contributed by atoms with Gasteiger partial charge in [0.05, 0.1) is 29.6 Å². The van der Waals surface area contributed by atoms with E-state index in [2.05, 4.69) is 4.98 Å². The van der Waals surface area contributed by atoms with Crippen molar-refractivity contribution in [3.63, 3.8) is 0 Å². The van der Waals surface area contributed by atoms with Gasteiger partial charge in [-0.1, -0.05) is 18.2 Å². The molecule has 4 aromatic rings. The van der Waals surface area contributed by atoms with Gasteiger partial charge in [0.1, 0.15) is 5.76 Å². The molecule has 36 heavy (non-hydrogen) atoms. The molecule has 0 radical (unpaired) electrons. The van der Waals surface area contributed by atoms with Crippen LogP contribution in [0.5, 0.6) is 0 Å². The first-order chi connectivity index (χ1) is 17.4. The van der Waals surface area contributed by atoms with E-state index in [1.54, 1.807) is 35.2 Å². The average molecular weight is 485 g/mol. The number of hydrogen-bond acceptors (Lipinski definition) is 5. The number of pyridine rings is 2. The zero-order chi connectivity index (χ0) is 25.2. The number of likely N-dealkylation sites (tertiary alicyclic amines) is 1. The Labute approximate surface area is 208 Å². The summed E-state index contributed by atoms with van der Waals surface area (Å²) in [5.41, 5.74) is 2.98. The summed E-state index contributed by atoms with van der Waals surface area (Å²) >= 11 is 0. The van der Waals surface area contributed by atoms with Crippen LogP contribution < -0.4 is 5.56 Å². The van der Waals surface area contributed by atoms with Crippen LogP contribution >= 0.6 is 0 Å². The number of nitrogens with one attached hydrogen (secondary N) is 1. The lowest BCUT2D eigenvalue weighted by Crippen LogP contribution is -2.39. The third kappa shape index (κ3) is 4.66. The van der Waals surface area contributed by atoms with E-state index in [4.69, 9.17) is 9.40 Å². The largest absolute Gasteiger partial charge is 0.467 e. The Morgan fingerprint density at radius 3 is 2.61 bits per heavy atom. The summed E-state index contributed by atoms with van der Waals surface area (Å²) in [6.07, 6.45) is 2.97. The Kier molecular flexibility index (Phi) is 6.41. The minimum absolute atomic E-state index is 0.0563. The number of nitrogens with zero attached hydrogens (tertiary/aromatic N) is 3. The van der Waals surface area contributed by atoms with Gasteiger partial charge in [-0.3, -0.25) is 19.4 Å². The Morgan fingerprint density at radius 2 is 1.86 bits per heavy atom. The number of para-hydroxylation sites is 1. The highest BCUT2D eigenvalue weighted by molar-refractivity contribution is 6.06. The molecule has 0 spiro atoms. The summed E-state index contributed by atoms with van der Waals surface area (Å²) in [5, 5.41) is 0.733. The second kappa shape index (κ2) is 9.81. The molecule has 184 valence electrons. The summed E-state index contributed by atoms with van der Waals surface area (Å²) in [6, 6.07) is 16.1. The fourth-order valence-corrected chi connectivity index (χ4v) is 4.89. The predicted octanol–water partition coefficient (Wildman–Crippen LogP) is 4.12. The molecule has 8 heteroatoms. The van der Waals surface area contributed by atoms with E-state index in [1.807, 2.05) is 43.3 Å². The summed E-state index contributed by atoms with van der Waals surface area (Å²) in [5.74, 6) is 0.511. The molecule has 4 heterocycles. The maximum absolute atomic E-state index is 13.4. The average Bonchev–Trinajstić information content (AvgIpc) is 3.40. The van der Waals surface area contributed by atoms with Crippen molar-refractivity contribution in [1.82, 2.24) is 19.8 Å². The van der Waals surface area contributed by atoms with Crippen molar-refractivity contribution in [2.45, 2.75) is 32.2 Å². The maximum Gasteiger partial charge on any atom is 0.255 e. The summed E-state index contributed by atoms with van der Waals surface area (Å²) in [7, 11) is 1.75. The van der Waals surface area contributed by atoms with Crippen molar-refractivity contribution in [3.8, 4) is 0 Å². The molecule has 1 N–H and O–H groups in total. The van der Waals surface area contributed by atoms with Crippen LogP contribution in [-0.4, -0.2) is 51.7 Å². The third-order valence-corrected chi connectivity index (χ3v) is 6.76. The van der Waals surface area contributed by atoms with E-state index in [9.17, 15) is 14.4 Å². The summed E-state index contributed by atoms with van der Waals surface area (Å²) in [6.45, 7) is 3.34. The predicted molar refractivity (Wildman–Crippen MR) is 136 cm³/mol. The molecule has 0 aliphatic carbocycles. The second-order valence-electron chi connectivity index (χ2n) is 9.29. The number of carbonyl (C=O) groups excluding carboxylic acids is 2. The van der Waals surface area contributed by atoms with E-state index in [-0.39, 0.29) is 23.3 Å². The molecule has 3 aromatic heterocycles. The number of fused-ring (bicyclic) bond motifs is 1. The third-order valence-electron chi connectivity index (χ3n) is 6.76. The van der Waals surface area contributed by atoms with E-state index >= 15 is 0 Å². The van der Waals surface area contributed by atoms with E-state index in [0.29, 0.717) is 54.9 Å². The van der Waals surface area contributed by atoms with Crippen LogP contribution in [0.4, 0.5) is 0 Å². The minimum atomic E-state index is -0.294. The molecule has 1 aliphatic heterocycles. The molecule has 0 atom stereocenters. The van der Waals surface area contributed by atoms with Gasteiger partial charge < -0.3 is 19.2 Å². The molecule has 5 rings (SSSR count). The summed E-state index contributed by atoms with van der Waals surface area (Å²) < 4.78 is 5.39. The highest BCUT2D eigenvalue weighted by Crippen LogP contribution is 2.31. The van der Waals surface area contributed by atoms with Gasteiger partial charge in [0.15, 0.2) is 0 Å². The van der Waals surface area contributed by atoms with Gasteiger partial charge in [-0.15, -0.1) is 0 Å². The first kappa shape index (κ1) is 23.5. The number of aryl methyl sites for hydroxylation is 1. The SMILES string of the molecule is Cc1ccc(C(=O)N(C)Cc2ccco2)c(C2CCN(C(=O)c3cc(=O)[nH]c4ccccc34)CC2)n1. The quantitative estimate of drug-likeness (QED) is 0.459. The Balaban J connectivity index is 1.34. The van der Waals surface area contributed by atoms with Crippen molar-refractivity contribution < 1.29 is 14.0 Å². The van der Waals surface area contributed by atoms with Crippen molar-refractivity contribution in [1.29, 1.82) is 0 Å². The number of H-pyrrole nitrogens is 1. The zero-order valence-corrected chi connectivity index (χ0v) is 20.4. The number of amides is 2. The molecule has 8 nitrogen and oxygen atoms in total. The Morgan fingerprint density at radius 1 is 1.08 bits per heavy atom. The van der Waals surface area contributed by atoms with Gasteiger partial charge in [-0.2, -0.15) is 0 Å². The number of hydrogen-bond donors (Lipinski definition) is 1. The van der Waals surface area contributed by atoms with Crippen molar-refractivity contribution in [2.75, 3.05) is 20.1 Å². The van der Waals surface area contributed by atoms with E-state index < -0.39 is 0 Å². The highest BCUT2D eigenvalue weighted by atomic mass is 16.3. The fourth-order valence-electron chi connectivity index (χ4n) is 4.89. The number of rotatable bonds is 5. The molecule has 0 saturated carbocycles. The van der Waals surface area contributed by atoms with Crippen molar-refractivity contribution >= 4 is 22.7 Å². The Hall–Kier alpha value is -4.20. The molecule has 1 aliphatic rings. The van der Waals surface area contributed by atoms with Crippen LogP contribution in [-0.2, 0) is 6.54 Å². The molecular formula is C28H28N4O4. The lowest BCUT2D eigenvalue weighted by atomic mass is 9.89. The van der Waals surface area contributed by atoms with Crippen LogP contribution in [0.25, 0.3) is 10.9 Å². The monoisotopic (exact) mass is 484 g/mol. The van der Waals surface area contributed by atoms with Gasteiger partial charge in [0.25, 0.3) is 11.8 Å². The topological polar surface area (TPSA) is 99.5 Å². The molecule has 1 saturated heterocycles. The normalized spacial score (nSPS) is 14.2. The number of piperidine rings is 1. The lowest BCUT2D eigenvalue weighted by molar-refractivity contribution is 0.0707. The smallest absolute Gasteiger partial charge is 0.255 e. The molecule has 1 fully saturated rings. The zero-order valence-electron chi connectivity index (χ0n) is 20.4. The van der Waals surface area contributed by atoms with Gasteiger partial charge >= 0.3 is 0 Å². The van der Waals surface area contributed by atoms with Crippen LogP contribution in [0.3, 0.4) is 0 Å². The Bertz CT molecular complexity index is 1470. The van der Waals surface area contributed by atoms with Crippen LogP contribution in [0.2, 0.25) is 0 Å². The number of carbonyl (C=O) groups is 2. The molecule has 1 aromatic carbocycles. The van der Waals surface area contributed by atoms with Crippen LogP contribution in [0.1, 0.15) is 56.6 Å². The first-order valence-corrected chi connectivity index (χ1v) is 12.1. The molecular weight excluding hydrogens is 456 g/mol. The number of furan rings is 1. The standard InChI is InChI=1S/C28H28N4O4/c1-18-9-10-22(27(34)31(2)17-20-6-5-15-36-20)26(29-18)19-11-13-32(14-12-19)28(35)23-16-25(33)30-24-8-4-3-7-21(23)24/h3-10,15-16,19H,11-14,17H2,1-2H3,(H,30,33). The van der Waals surface area contributed by atoms with Gasteiger partial charge in [-0.05, 0) is 50.1 Å². The van der Waals surface area contributed by atoms with Gasteiger partial charge in [0, 0.05) is 48.7 Å². The maximum atomic E-state index is 13.4. The van der Waals surface area contributed by atoms with Crippen molar-refractivity contribution in [3.05, 3.63) is 99.5 Å². The highest BCUT2D eigenvalue weighted by Gasteiger charge is 2.30.